The number of nitriles is 1. The van der Waals surface area contributed by atoms with Crippen LogP contribution in [0.2, 0.25) is 0 Å². The highest BCUT2D eigenvalue weighted by molar-refractivity contribution is 5.35. The number of rotatable bonds is 4. The van der Waals surface area contributed by atoms with Crippen molar-refractivity contribution in [2.24, 2.45) is 0 Å². The summed E-state index contributed by atoms with van der Waals surface area (Å²) < 4.78 is 0. The minimum absolute atomic E-state index is 0.405. The molecule has 2 rings (SSSR count). The molecule has 1 aromatic carbocycles. The largest absolute Gasteiger partial charge is 0.192 e. The fraction of sp³-hybridized carbons (Fsp3) is 0.588. The third kappa shape index (κ3) is 2.75. The van der Waals surface area contributed by atoms with E-state index in [-0.39, 0.29) is 0 Å². The van der Waals surface area contributed by atoms with E-state index in [9.17, 15) is 0 Å². The quantitative estimate of drug-likeness (QED) is 0.731. The van der Waals surface area contributed by atoms with Crippen molar-refractivity contribution in [3.05, 3.63) is 35.4 Å². The molecule has 1 aromatic rings. The zero-order valence-electron chi connectivity index (χ0n) is 11.4. The molecule has 1 fully saturated rings. The Morgan fingerprint density at radius 1 is 1.11 bits per heavy atom. The van der Waals surface area contributed by atoms with Gasteiger partial charge in [-0.15, -0.1) is 0 Å². The minimum atomic E-state index is 0.405. The van der Waals surface area contributed by atoms with Crippen LogP contribution in [0.15, 0.2) is 24.3 Å². The lowest BCUT2D eigenvalue weighted by atomic mass is 9.66. The van der Waals surface area contributed by atoms with Crippen molar-refractivity contribution in [3.63, 3.8) is 0 Å². The zero-order valence-corrected chi connectivity index (χ0v) is 11.4. The number of benzene rings is 1. The normalized spacial score (nSPS) is 18.2. The molecule has 0 amide bonds. The third-order valence-electron chi connectivity index (χ3n) is 4.45. The predicted octanol–water partition coefficient (Wildman–Crippen LogP) is 4.95. The van der Waals surface area contributed by atoms with Gasteiger partial charge < -0.3 is 0 Å². The molecule has 0 bridgehead atoms. The molecule has 0 aromatic heterocycles. The first-order valence-electron chi connectivity index (χ1n) is 7.31. The van der Waals surface area contributed by atoms with Crippen LogP contribution in [0.4, 0.5) is 0 Å². The highest BCUT2D eigenvalue weighted by Crippen LogP contribution is 2.43. The average Bonchev–Trinajstić information content (AvgIpc) is 2.46. The Labute approximate surface area is 111 Å². The fourth-order valence-electron chi connectivity index (χ4n) is 3.33. The first-order chi connectivity index (χ1) is 8.80. The van der Waals surface area contributed by atoms with Crippen molar-refractivity contribution in [2.75, 3.05) is 0 Å². The Morgan fingerprint density at radius 2 is 1.78 bits per heavy atom. The van der Waals surface area contributed by atoms with Crippen molar-refractivity contribution in [1.29, 1.82) is 5.26 Å². The fourth-order valence-corrected chi connectivity index (χ4v) is 3.33. The smallest absolute Gasteiger partial charge is 0.0991 e. The van der Waals surface area contributed by atoms with Gasteiger partial charge in [0, 0.05) is 0 Å². The highest BCUT2D eigenvalue weighted by atomic mass is 14.4. The van der Waals surface area contributed by atoms with Gasteiger partial charge in [0.25, 0.3) is 0 Å². The summed E-state index contributed by atoms with van der Waals surface area (Å²) in [7, 11) is 0. The maximum Gasteiger partial charge on any atom is 0.0991 e. The second kappa shape index (κ2) is 6.05. The third-order valence-corrected chi connectivity index (χ3v) is 4.45. The van der Waals surface area contributed by atoms with E-state index in [0.717, 1.165) is 5.56 Å². The van der Waals surface area contributed by atoms with Crippen molar-refractivity contribution >= 4 is 0 Å². The summed E-state index contributed by atoms with van der Waals surface area (Å²) in [6, 6.07) is 10.6. The molecule has 1 heteroatoms. The lowest BCUT2D eigenvalue weighted by molar-refractivity contribution is 0.267. The first kappa shape index (κ1) is 13.1. The van der Waals surface area contributed by atoms with Gasteiger partial charge in [-0.3, -0.25) is 0 Å². The lowest BCUT2D eigenvalue weighted by Crippen LogP contribution is -2.29. The molecule has 1 aliphatic rings. The van der Waals surface area contributed by atoms with E-state index in [1.54, 1.807) is 0 Å². The maximum atomic E-state index is 8.89. The Kier molecular flexibility index (Phi) is 4.42. The number of hydrogen-bond donors (Lipinski definition) is 0. The molecule has 0 radical (unpaired) electrons. The number of hydrogen-bond acceptors (Lipinski definition) is 1. The molecule has 0 saturated heterocycles. The first-order valence-corrected chi connectivity index (χ1v) is 7.31. The van der Waals surface area contributed by atoms with Gasteiger partial charge in [-0.2, -0.15) is 5.26 Å². The summed E-state index contributed by atoms with van der Waals surface area (Å²) in [5.41, 5.74) is 2.65. The van der Waals surface area contributed by atoms with E-state index >= 15 is 0 Å². The van der Waals surface area contributed by atoms with Gasteiger partial charge >= 0.3 is 0 Å². The maximum absolute atomic E-state index is 8.89. The topological polar surface area (TPSA) is 23.8 Å². The zero-order chi connectivity index (χ0) is 12.8. The SMILES string of the molecule is CCCCC1(c2ccc(C#N)cc2)CCCCC1. The van der Waals surface area contributed by atoms with Crippen molar-refractivity contribution in [3.8, 4) is 6.07 Å². The van der Waals surface area contributed by atoms with Crippen LogP contribution in [-0.4, -0.2) is 0 Å². The van der Waals surface area contributed by atoms with Crippen LogP contribution in [0.25, 0.3) is 0 Å². The molecule has 96 valence electrons. The van der Waals surface area contributed by atoms with E-state index in [2.05, 4.69) is 25.1 Å². The van der Waals surface area contributed by atoms with Crippen LogP contribution < -0.4 is 0 Å². The van der Waals surface area contributed by atoms with Crippen LogP contribution in [-0.2, 0) is 5.41 Å². The van der Waals surface area contributed by atoms with Gasteiger partial charge in [-0.1, -0.05) is 51.2 Å². The van der Waals surface area contributed by atoms with Crippen molar-refractivity contribution in [2.45, 2.75) is 63.7 Å². The van der Waals surface area contributed by atoms with Crippen molar-refractivity contribution in [1.82, 2.24) is 0 Å². The molecule has 0 atom stereocenters. The molecule has 0 N–H and O–H groups in total. The molecule has 1 saturated carbocycles. The van der Waals surface area contributed by atoms with Crippen molar-refractivity contribution < 1.29 is 0 Å². The second-order valence-corrected chi connectivity index (χ2v) is 5.63. The average molecular weight is 241 g/mol. The van der Waals surface area contributed by atoms with Crippen LogP contribution in [0.1, 0.15) is 69.4 Å². The summed E-state index contributed by atoms with van der Waals surface area (Å²) in [6.45, 7) is 2.27. The minimum Gasteiger partial charge on any atom is -0.192 e. The van der Waals surface area contributed by atoms with E-state index in [1.807, 2.05) is 12.1 Å². The van der Waals surface area contributed by atoms with Crippen LogP contribution in [0.3, 0.4) is 0 Å². The Balaban J connectivity index is 2.24. The molecule has 0 unspecified atom stereocenters. The molecule has 18 heavy (non-hydrogen) atoms. The Bertz CT molecular complexity index is 404. The molecule has 0 spiro atoms. The molecule has 1 aliphatic carbocycles. The van der Waals surface area contributed by atoms with Crippen LogP contribution in [0.5, 0.6) is 0 Å². The summed E-state index contributed by atoms with van der Waals surface area (Å²) in [5, 5.41) is 8.89. The second-order valence-electron chi connectivity index (χ2n) is 5.63. The van der Waals surface area contributed by atoms with Crippen LogP contribution in [0, 0.1) is 11.3 Å². The van der Waals surface area contributed by atoms with Gasteiger partial charge in [0.2, 0.25) is 0 Å². The van der Waals surface area contributed by atoms with E-state index in [1.165, 1.54) is 56.9 Å². The molecule has 0 heterocycles. The van der Waals surface area contributed by atoms with Gasteiger partial charge in [0.1, 0.15) is 0 Å². The predicted molar refractivity (Wildman–Crippen MR) is 75.4 cm³/mol. The molecular weight excluding hydrogens is 218 g/mol. The number of nitrogens with zero attached hydrogens (tertiary/aromatic N) is 1. The molecule has 1 nitrogen and oxygen atoms in total. The number of unbranched alkanes of at least 4 members (excludes halogenated alkanes) is 1. The van der Waals surface area contributed by atoms with Gasteiger partial charge in [-0.25, -0.2) is 0 Å². The van der Waals surface area contributed by atoms with Gasteiger partial charge in [0.05, 0.1) is 11.6 Å². The van der Waals surface area contributed by atoms with Gasteiger partial charge in [0.15, 0.2) is 0 Å². The molecular formula is C17H23N. The Morgan fingerprint density at radius 3 is 2.33 bits per heavy atom. The lowest BCUT2D eigenvalue weighted by Gasteiger charge is -2.38. The summed E-state index contributed by atoms with van der Waals surface area (Å²) in [4.78, 5) is 0. The highest BCUT2D eigenvalue weighted by Gasteiger charge is 2.32. The monoisotopic (exact) mass is 241 g/mol. The Hall–Kier alpha value is -1.29. The summed E-state index contributed by atoms with van der Waals surface area (Å²) in [5.74, 6) is 0. The standard InChI is InChI=1S/C17H23N/c1-2-3-11-17(12-5-4-6-13-17)16-9-7-15(14-18)8-10-16/h7-10H,2-6,11-13H2,1H3. The summed E-state index contributed by atoms with van der Waals surface area (Å²) >= 11 is 0. The van der Waals surface area contributed by atoms with Crippen LogP contribution >= 0.6 is 0 Å². The van der Waals surface area contributed by atoms with E-state index in [0.29, 0.717) is 5.41 Å². The van der Waals surface area contributed by atoms with E-state index < -0.39 is 0 Å². The summed E-state index contributed by atoms with van der Waals surface area (Å²) in [6.07, 6.45) is 10.7. The molecule has 0 aliphatic heterocycles. The van der Waals surface area contributed by atoms with Gasteiger partial charge in [-0.05, 0) is 42.4 Å². The van der Waals surface area contributed by atoms with E-state index in [4.69, 9.17) is 5.26 Å².